The van der Waals surface area contributed by atoms with Crippen molar-refractivity contribution in [2.24, 2.45) is 5.92 Å². The number of nitrogens with zero attached hydrogens (tertiary/aromatic N) is 1. The van der Waals surface area contributed by atoms with Crippen LogP contribution in [0.3, 0.4) is 0 Å². The van der Waals surface area contributed by atoms with Crippen molar-refractivity contribution >= 4 is 5.91 Å². The summed E-state index contributed by atoms with van der Waals surface area (Å²) in [6.45, 7) is 7.73. The van der Waals surface area contributed by atoms with E-state index >= 15 is 0 Å². The van der Waals surface area contributed by atoms with E-state index in [4.69, 9.17) is 0 Å². The molecule has 1 rings (SSSR count). The Kier molecular flexibility index (Phi) is 4.22. The third kappa shape index (κ3) is 3.35. The molecule has 0 aromatic rings. The van der Waals surface area contributed by atoms with E-state index in [1.165, 1.54) is 0 Å². The van der Waals surface area contributed by atoms with Crippen LogP contribution in [0.2, 0.25) is 0 Å². The largest absolute Gasteiger partial charge is 0.341 e. The molecule has 0 saturated carbocycles. The molecule has 0 aromatic heterocycles. The predicted molar refractivity (Wildman–Crippen MR) is 53.5 cm³/mol. The normalized spacial score (nSPS) is 21.4. The number of nitrogens with one attached hydrogen (secondary N) is 1. The minimum atomic E-state index is 0.262. The van der Waals surface area contributed by atoms with Crippen molar-refractivity contribution in [2.45, 2.75) is 26.7 Å². The maximum Gasteiger partial charge on any atom is 0.236 e. The third-order valence-electron chi connectivity index (χ3n) is 2.64. The van der Waals surface area contributed by atoms with Gasteiger partial charge in [0.15, 0.2) is 0 Å². The van der Waals surface area contributed by atoms with Gasteiger partial charge in [-0.2, -0.15) is 0 Å². The van der Waals surface area contributed by atoms with E-state index in [0.717, 1.165) is 32.5 Å². The van der Waals surface area contributed by atoms with Gasteiger partial charge in [-0.05, 0) is 18.9 Å². The molecular formula is C10H20N2O. The zero-order valence-electron chi connectivity index (χ0n) is 8.68. The van der Waals surface area contributed by atoms with Gasteiger partial charge in [0.05, 0.1) is 6.54 Å². The molecule has 1 atom stereocenters. The van der Waals surface area contributed by atoms with E-state index in [1.807, 2.05) is 4.90 Å². The minimum absolute atomic E-state index is 0.262. The van der Waals surface area contributed by atoms with Gasteiger partial charge in [0.25, 0.3) is 0 Å². The van der Waals surface area contributed by atoms with Crippen LogP contribution in [0.1, 0.15) is 26.7 Å². The average molecular weight is 184 g/mol. The second-order valence-electron chi connectivity index (χ2n) is 3.88. The first-order valence-electron chi connectivity index (χ1n) is 5.22. The zero-order valence-corrected chi connectivity index (χ0v) is 8.68. The fraction of sp³-hybridized carbons (Fsp3) is 0.900. The standard InChI is InChI=1S/C10H20N2O/c1-3-9(2)8-12-6-4-5-11-7-10(12)13/h9,11H,3-8H2,1-2H3. The molecule has 1 N–H and O–H groups in total. The molecule has 0 radical (unpaired) electrons. The Hall–Kier alpha value is -0.570. The Morgan fingerprint density at radius 3 is 3.08 bits per heavy atom. The highest BCUT2D eigenvalue weighted by Crippen LogP contribution is 2.06. The van der Waals surface area contributed by atoms with Crippen LogP contribution in [0.25, 0.3) is 0 Å². The number of hydrogen-bond donors (Lipinski definition) is 1. The van der Waals surface area contributed by atoms with Gasteiger partial charge in [-0.15, -0.1) is 0 Å². The Morgan fingerprint density at radius 1 is 1.62 bits per heavy atom. The lowest BCUT2D eigenvalue weighted by Crippen LogP contribution is -2.37. The highest BCUT2D eigenvalue weighted by atomic mass is 16.2. The maximum atomic E-state index is 11.5. The zero-order chi connectivity index (χ0) is 9.68. The fourth-order valence-electron chi connectivity index (χ4n) is 1.53. The molecule has 13 heavy (non-hydrogen) atoms. The third-order valence-corrected chi connectivity index (χ3v) is 2.64. The molecule has 1 saturated heterocycles. The van der Waals surface area contributed by atoms with Crippen molar-refractivity contribution in [1.29, 1.82) is 0 Å². The van der Waals surface area contributed by atoms with Crippen LogP contribution in [0.4, 0.5) is 0 Å². The molecule has 0 aliphatic carbocycles. The molecule has 1 unspecified atom stereocenters. The van der Waals surface area contributed by atoms with Crippen LogP contribution in [0.15, 0.2) is 0 Å². The summed E-state index contributed by atoms with van der Waals surface area (Å²) in [5.41, 5.74) is 0. The minimum Gasteiger partial charge on any atom is -0.341 e. The van der Waals surface area contributed by atoms with Gasteiger partial charge in [0.2, 0.25) is 5.91 Å². The Bertz CT molecular complexity index is 170. The van der Waals surface area contributed by atoms with Gasteiger partial charge >= 0.3 is 0 Å². The van der Waals surface area contributed by atoms with Crippen molar-refractivity contribution in [3.05, 3.63) is 0 Å². The first kappa shape index (κ1) is 10.5. The molecule has 3 nitrogen and oxygen atoms in total. The van der Waals surface area contributed by atoms with Gasteiger partial charge in [0.1, 0.15) is 0 Å². The molecule has 1 fully saturated rings. The monoisotopic (exact) mass is 184 g/mol. The summed E-state index contributed by atoms with van der Waals surface area (Å²) in [5, 5.41) is 3.13. The molecule has 1 amide bonds. The van der Waals surface area contributed by atoms with Crippen LogP contribution in [-0.4, -0.2) is 37.0 Å². The Labute approximate surface area is 80.5 Å². The second kappa shape index (κ2) is 5.22. The van der Waals surface area contributed by atoms with Crippen LogP contribution < -0.4 is 5.32 Å². The molecule has 0 spiro atoms. The number of carbonyl (C=O) groups excluding carboxylic acids is 1. The lowest BCUT2D eigenvalue weighted by Gasteiger charge is -2.23. The maximum absolute atomic E-state index is 11.5. The average Bonchev–Trinajstić information content (AvgIpc) is 2.32. The lowest BCUT2D eigenvalue weighted by molar-refractivity contribution is -0.130. The topological polar surface area (TPSA) is 32.3 Å². The predicted octanol–water partition coefficient (Wildman–Crippen LogP) is 0.854. The first-order chi connectivity index (χ1) is 6.24. The van der Waals surface area contributed by atoms with Gasteiger partial charge in [-0.3, -0.25) is 4.79 Å². The smallest absolute Gasteiger partial charge is 0.236 e. The molecule has 1 aliphatic rings. The molecule has 0 aromatic carbocycles. The molecule has 76 valence electrons. The summed E-state index contributed by atoms with van der Waals surface area (Å²) in [6, 6.07) is 0. The van der Waals surface area contributed by atoms with Crippen LogP contribution >= 0.6 is 0 Å². The number of amides is 1. The van der Waals surface area contributed by atoms with E-state index in [9.17, 15) is 4.79 Å². The number of carbonyl (C=O) groups is 1. The SMILES string of the molecule is CCC(C)CN1CCCNCC1=O. The van der Waals surface area contributed by atoms with E-state index < -0.39 is 0 Å². The number of rotatable bonds is 3. The molecule has 1 aliphatic heterocycles. The van der Waals surface area contributed by atoms with E-state index in [-0.39, 0.29) is 5.91 Å². The van der Waals surface area contributed by atoms with E-state index in [2.05, 4.69) is 19.2 Å². The first-order valence-corrected chi connectivity index (χ1v) is 5.22. The summed E-state index contributed by atoms with van der Waals surface area (Å²) < 4.78 is 0. The van der Waals surface area contributed by atoms with Crippen LogP contribution in [0, 0.1) is 5.92 Å². The molecule has 1 heterocycles. The van der Waals surface area contributed by atoms with Crippen molar-refractivity contribution in [3.8, 4) is 0 Å². The highest BCUT2D eigenvalue weighted by molar-refractivity contribution is 5.78. The summed E-state index contributed by atoms with van der Waals surface area (Å²) >= 11 is 0. The van der Waals surface area contributed by atoms with Crippen molar-refractivity contribution in [3.63, 3.8) is 0 Å². The summed E-state index contributed by atoms with van der Waals surface area (Å²) in [5.74, 6) is 0.889. The summed E-state index contributed by atoms with van der Waals surface area (Å²) in [4.78, 5) is 13.5. The van der Waals surface area contributed by atoms with Crippen molar-refractivity contribution < 1.29 is 4.79 Å². The van der Waals surface area contributed by atoms with Gasteiger partial charge in [-0.1, -0.05) is 20.3 Å². The van der Waals surface area contributed by atoms with Crippen LogP contribution in [0.5, 0.6) is 0 Å². The van der Waals surface area contributed by atoms with Crippen LogP contribution in [-0.2, 0) is 4.79 Å². The van der Waals surface area contributed by atoms with E-state index in [0.29, 0.717) is 12.5 Å². The molecule has 3 heteroatoms. The quantitative estimate of drug-likeness (QED) is 0.705. The summed E-state index contributed by atoms with van der Waals surface area (Å²) in [7, 11) is 0. The summed E-state index contributed by atoms with van der Waals surface area (Å²) in [6.07, 6.45) is 2.24. The number of hydrogen-bond acceptors (Lipinski definition) is 2. The second-order valence-corrected chi connectivity index (χ2v) is 3.88. The molecule has 0 bridgehead atoms. The van der Waals surface area contributed by atoms with Gasteiger partial charge in [-0.25, -0.2) is 0 Å². The van der Waals surface area contributed by atoms with Crippen molar-refractivity contribution in [1.82, 2.24) is 10.2 Å². The lowest BCUT2D eigenvalue weighted by atomic mass is 10.1. The Balaban J connectivity index is 2.40. The highest BCUT2D eigenvalue weighted by Gasteiger charge is 2.17. The van der Waals surface area contributed by atoms with Gasteiger partial charge in [0, 0.05) is 13.1 Å². The fourth-order valence-corrected chi connectivity index (χ4v) is 1.53. The van der Waals surface area contributed by atoms with Crippen molar-refractivity contribution in [2.75, 3.05) is 26.2 Å². The Morgan fingerprint density at radius 2 is 2.38 bits per heavy atom. The van der Waals surface area contributed by atoms with Gasteiger partial charge < -0.3 is 10.2 Å². The molecular weight excluding hydrogens is 164 g/mol. The van der Waals surface area contributed by atoms with E-state index in [1.54, 1.807) is 0 Å².